The molecule has 11 heavy (non-hydrogen) atoms. The highest BCUT2D eigenvalue weighted by molar-refractivity contribution is 7.80. The lowest BCUT2D eigenvalue weighted by Crippen LogP contribution is -2.05. The predicted molar refractivity (Wildman–Crippen MR) is 47.4 cm³/mol. The topological polar surface area (TPSA) is 25.8 Å². The summed E-state index contributed by atoms with van der Waals surface area (Å²) < 4.78 is 0. The maximum absolute atomic E-state index is 5.03. The minimum Gasteiger partial charge on any atom is -0.244 e. The summed E-state index contributed by atoms with van der Waals surface area (Å²) >= 11 is 5.03. The van der Waals surface area contributed by atoms with Crippen molar-refractivity contribution in [1.29, 1.82) is 0 Å². The van der Waals surface area contributed by atoms with Crippen LogP contribution in [0.25, 0.3) is 6.08 Å². The standard InChI is InChI=1S/C8H6N2S/c11-7-2-1-6-4-9-5-10-8(6)3-7/h1-2,4-5H,3H2. The lowest BCUT2D eigenvalue weighted by atomic mass is 10.1. The average molecular weight is 162 g/mol. The Balaban J connectivity index is 2.54. The summed E-state index contributed by atoms with van der Waals surface area (Å²) in [5, 5.41) is 0. The van der Waals surface area contributed by atoms with Gasteiger partial charge < -0.3 is 0 Å². The molecular formula is C8H6N2S. The van der Waals surface area contributed by atoms with Crippen LogP contribution in [0.3, 0.4) is 0 Å². The van der Waals surface area contributed by atoms with Gasteiger partial charge in [-0.2, -0.15) is 0 Å². The summed E-state index contributed by atoms with van der Waals surface area (Å²) in [5.41, 5.74) is 2.12. The Kier molecular flexibility index (Phi) is 1.51. The van der Waals surface area contributed by atoms with Crippen molar-refractivity contribution in [2.24, 2.45) is 0 Å². The zero-order chi connectivity index (χ0) is 7.68. The summed E-state index contributed by atoms with van der Waals surface area (Å²) in [6.45, 7) is 0. The quantitative estimate of drug-likeness (QED) is 0.539. The molecule has 0 atom stereocenters. The fourth-order valence-electron chi connectivity index (χ4n) is 1.06. The molecule has 1 aliphatic rings. The minimum atomic E-state index is 0.781. The van der Waals surface area contributed by atoms with Crippen LogP contribution in [0.1, 0.15) is 11.3 Å². The Bertz CT molecular complexity index is 331. The molecule has 0 unspecified atom stereocenters. The van der Waals surface area contributed by atoms with Gasteiger partial charge in [0, 0.05) is 23.0 Å². The van der Waals surface area contributed by atoms with Gasteiger partial charge in [-0.05, 0) is 6.08 Å². The molecule has 0 saturated heterocycles. The number of nitrogens with zero attached hydrogens (tertiary/aromatic N) is 2. The van der Waals surface area contributed by atoms with E-state index in [2.05, 4.69) is 9.97 Å². The maximum Gasteiger partial charge on any atom is 0.115 e. The Hall–Kier alpha value is -1.09. The van der Waals surface area contributed by atoms with Crippen LogP contribution in [0.2, 0.25) is 0 Å². The van der Waals surface area contributed by atoms with Crippen molar-refractivity contribution in [3.05, 3.63) is 29.9 Å². The molecule has 0 amide bonds. The number of thiocarbonyl (C=S) groups is 1. The largest absolute Gasteiger partial charge is 0.244 e. The average Bonchev–Trinajstić information content (AvgIpc) is 2.04. The molecule has 3 heteroatoms. The van der Waals surface area contributed by atoms with Gasteiger partial charge in [-0.15, -0.1) is 0 Å². The van der Waals surface area contributed by atoms with Gasteiger partial charge in [0.1, 0.15) is 6.33 Å². The molecule has 54 valence electrons. The van der Waals surface area contributed by atoms with E-state index in [1.54, 1.807) is 12.5 Å². The molecule has 1 aromatic heterocycles. The first-order valence-electron chi connectivity index (χ1n) is 3.36. The van der Waals surface area contributed by atoms with Crippen LogP contribution in [0.15, 0.2) is 18.6 Å². The third kappa shape index (κ3) is 1.19. The molecule has 0 radical (unpaired) electrons. The SMILES string of the molecule is S=C1C=Cc2cncnc2C1. The van der Waals surface area contributed by atoms with E-state index in [0.717, 1.165) is 22.5 Å². The fraction of sp³-hybridized carbons (Fsp3) is 0.125. The third-order valence-electron chi connectivity index (χ3n) is 1.62. The molecule has 2 nitrogen and oxygen atoms in total. The van der Waals surface area contributed by atoms with Crippen LogP contribution >= 0.6 is 12.2 Å². The van der Waals surface area contributed by atoms with E-state index in [4.69, 9.17) is 12.2 Å². The maximum atomic E-state index is 5.03. The van der Waals surface area contributed by atoms with Gasteiger partial charge in [0.2, 0.25) is 0 Å². The van der Waals surface area contributed by atoms with Gasteiger partial charge in [0.25, 0.3) is 0 Å². The molecule has 2 rings (SSSR count). The lowest BCUT2D eigenvalue weighted by Gasteiger charge is -2.07. The van der Waals surface area contributed by atoms with E-state index in [-0.39, 0.29) is 0 Å². The molecule has 0 aromatic carbocycles. The van der Waals surface area contributed by atoms with Crippen molar-refractivity contribution in [2.45, 2.75) is 6.42 Å². The second kappa shape index (κ2) is 2.51. The summed E-state index contributed by atoms with van der Waals surface area (Å²) in [6.07, 6.45) is 8.03. The van der Waals surface area contributed by atoms with Gasteiger partial charge in [0.05, 0.1) is 5.69 Å². The number of fused-ring (bicyclic) bond motifs is 1. The van der Waals surface area contributed by atoms with Gasteiger partial charge in [-0.1, -0.05) is 18.3 Å². The third-order valence-corrected chi connectivity index (χ3v) is 1.90. The van der Waals surface area contributed by atoms with Gasteiger partial charge in [-0.3, -0.25) is 0 Å². The van der Waals surface area contributed by atoms with E-state index in [1.165, 1.54) is 0 Å². The van der Waals surface area contributed by atoms with E-state index in [1.807, 2.05) is 12.2 Å². The Labute approximate surface area is 70.0 Å². The van der Waals surface area contributed by atoms with Crippen molar-refractivity contribution >= 4 is 23.2 Å². The highest BCUT2D eigenvalue weighted by Crippen LogP contribution is 2.13. The molecule has 0 spiro atoms. The van der Waals surface area contributed by atoms with Crippen molar-refractivity contribution in [2.75, 3.05) is 0 Å². The molecule has 0 saturated carbocycles. The number of aromatic nitrogens is 2. The number of rotatable bonds is 0. The number of hydrogen-bond acceptors (Lipinski definition) is 3. The molecule has 1 aromatic rings. The Morgan fingerprint density at radius 1 is 1.36 bits per heavy atom. The normalized spacial score (nSPS) is 14.7. The highest BCUT2D eigenvalue weighted by Gasteiger charge is 2.07. The Morgan fingerprint density at radius 3 is 3.18 bits per heavy atom. The molecule has 0 fully saturated rings. The minimum absolute atomic E-state index is 0.781. The van der Waals surface area contributed by atoms with E-state index in [0.29, 0.717) is 0 Å². The first-order valence-corrected chi connectivity index (χ1v) is 3.77. The lowest BCUT2D eigenvalue weighted by molar-refractivity contribution is 1.06. The molecule has 0 N–H and O–H groups in total. The van der Waals surface area contributed by atoms with Crippen molar-refractivity contribution in [3.8, 4) is 0 Å². The molecule has 0 aliphatic heterocycles. The van der Waals surface area contributed by atoms with E-state index in [9.17, 15) is 0 Å². The monoisotopic (exact) mass is 162 g/mol. The highest BCUT2D eigenvalue weighted by atomic mass is 32.1. The van der Waals surface area contributed by atoms with Crippen molar-refractivity contribution < 1.29 is 0 Å². The number of hydrogen-bond donors (Lipinski definition) is 0. The molecule has 1 heterocycles. The second-order valence-corrected chi connectivity index (χ2v) is 2.93. The van der Waals surface area contributed by atoms with E-state index < -0.39 is 0 Å². The van der Waals surface area contributed by atoms with Gasteiger partial charge >= 0.3 is 0 Å². The summed E-state index contributed by atoms with van der Waals surface area (Å²) in [7, 11) is 0. The van der Waals surface area contributed by atoms with E-state index >= 15 is 0 Å². The summed E-state index contributed by atoms with van der Waals surface area (Å²) in [5.74, 6) is 0. The second-order valence-electron chi connectivity index (χ2n) is 2.40. The van der Waals surface area contributed by atoms with Gasteiger partial charge in [-0.25, -0.2) is 9.97 Å². The zero-order valence-corrected chi connectivity index (χ0v) is 6.64. The summed E-state index contributed by atoms with van der Waals surface area (Å²) in [6, 6.07) is 0. The molecule has 1 aliphatic carbocycles. The van der Waals surface area contributed by atoms with Crippen molar-refractivity contribution in [1.82, 2.24) is 9.97 Å². The predicted octanol–water partition coefficient (Wildman–Crippen LogP) is 1.42. The first-order chi connectivity index (χ1) is 5.36. The molecular weight excluding hydrogens is 156 g/mol. The van der Waals surface area contributed by atoms with Crippen LogP contribution in [0.4, 0.5) is 0 Å². The van der Waals surface area contributed by atoms with Crippen LogP contribution in [-0.2, 0) is 6.42 Å². The van der Waals surface area contributed by atoms with Crippen LogP contribution in [0.5, 0.6) is 0 Å². The zero-order valence-electron chi connectivity index (χ0n) is 5.82. The van der Waals surface area contributed by atoms with Crippen LogP contribution < -0.4 is 0 Å². The Morgan fingerprint density at radius 2 is 2.27 bits per heavy atom. The van der Waals surface area contributed by atoms with Crippen LogP contribution in [0, 0.1) is 0 Å². The smallest absolute Gasteiger partial charge is 0.115 e. The number of allylic oxidation sites excluding steroid dienone is 1. The summed E-state index contributed by atoms with van der Waals surface area (Å²) in [4.78, 5) is 8.98. The van der Waals surface area contributed by atoms with Crippen LogP contribution in [-0.4, -0.2) is 14.8 Å². The fourth-order valence-corrected chi connectivity index (χ4v) is 1.26. The first kappa shape index (κ1) is 6.61. The van der Waals surface area contributed by atoms with Crippen molar-refractivity contribution in [3.63, 3.8) is 0 Å². The molecule has 0 bridgehead atoms. The van der Waals surface area contributed by atoms with Gasteiger partial charge in [0.15, 0.2) is 0 Å².